The van der Waals surface area contributed by atoms with Crippen LogP contribution in [0.5, 0.6) is 0 Å². The van der Waals surface area contributed by atoms with Gasteiger partial charge in [-0.15, -0.1) is 10.2 Å². The number of ether oxygens (including phenoxy) is 2. The topological polar surface area (TPSA) is 64.5 Å². The van der Waals surface area contributed by atoms with Crippen molar-refractivity contribution in [3.05, 3.63) is 94.8 Å². The average molecular weight is 529 g/mol. The maximum absolute atomic E-state index is 5.94. The first-order valence-corrected chi connectivity index (χ1v) is 14.5. The highest BCUT2D eigenvalue weighted by Crippen LogP contribution is 2.55. The van der Waals surface area contributed by atoms with Crippen molar-refractivity contribution in [2.24, 2.45) is 5.92 Å². The SMILES string of the molecule is COC12CC1C=CC=C2CCNC1(CCc2nnc(SCc3cccc(C)c3)n2-c2ccc(C)cc2)CO1. The van der Waals surface area contributed by atoms with Crippen LogP contribution in [0.15, 0.2) is 77.5 Å². The predicted molar refractivity (Wildman–Crippen MR) is 152 cm³/mol. The van der Waals surface area contributed by atoms with Crippen LogP contribution in [0.2, 0.25) is 0 Å². The summed E-state index contributed by atoms with van der Waals surface area (Å²) in [5.74, 6) is 2.37. The van der Waals surface area contributed by atoms with E-state index in [9.17, 15) is 0 Å². The van der Waals surface area contributed by atoms with Crippen molar-refractivity contribution >= 4 is 11.8 Å². The van der Waals surface area contributed by atoms with Crippen molar-refractivity contribution in [3.63, 3.8) is 0 Å². The van der Waals surface area contributed by atoms with E-state index >= 15 is 0 Å². The average Bonchev–Trinajstić information content (AvgIpc) is 3.83. The molecule has 1 saturated heterocycles. The lowest BCUT2D eigenvalue weighted by molar-refractivity contribution is 0.0976. The summed E-state index contributed by atoms with van der Waals surface area (Å²) in [7, 11) is 1.84. The molecule has 2 aromatic carbocycles. The van der Waals surface area contributed by atoms with Crippen LogP contribution < -0.4 is 5.32 Å². The minimum absolute atomic E-state index is 0.0506. The molecule has 6 rings (SSSR count). The lowest BCUT2D eigenvalue weighted by Crippen LogP contribution is -2.35. The first-order chi connectivity index (χ1) is 18.5. The summed E-state index contributed by atoms with van der Waals surface area (Å²) in [6, 6.07) is 17.3. The third-order valence-corrected chi connectivity index (χ3v) is 9.04. The van der Waals surface area contributed by atoms with Crippen molar-refractivity contribution in [1.29, 1.82) is 0 Å². The van der Waals surface area contributed by atoms with Crippen molar-refractivity contribution in [2.75, 3.05) is 20.3 Å². The Hall–Kier alpha value is -2.71. The molecule has 7 heteroatoms. The molecule has 2 fully saturated rings. The molecule has 3 aliphatic rings. The zero-order valence-corrected chi connectivity index (χ0v) is 23.3. The predicted octanol–water partition coefficient (Wildman–Crippen LogP) is 5.72. The Bertz CT molecular complexity index is 1360. The highest BCUT2D eigenvalue weighted by atomic mass is 32.2. The molecule has 2 aliphatic carbocycles. The highest BCUT2D eigenvalue weighted by molar-refractivity contribution is 7.98. The van der Waals surface area contributed by atoms with Gasteiger partial charge in [-0.25, -0.2) is 0 Å². The summed E-state index contributed by atoms with van der Waals surface area (Å²) in [4.78, 5) is 0. The molecule has 1 aromatic heterocycles. The van der Waals surface area contributed by atoms with Gasteiger partial charge in [0.2, 0.25) is 0 Å². The third kappa shape index (κ3) is 5.25. The van der Waals surface area contributed by atoms with E-state index in [2.05, 4.69) is 101 Å². The first-order valence-electron chi connectivity index (χ1n) is 13.5. The molecule has 0 spiro atoms. The quantitative estimate of drug-likeness (QED) is 0.240. The van der Waals surface area contributed by atoms with Gasteiger partial charge in [-0.3, -0.25) is 9.88 Å². The van der Waals surface area contributed by atoms with Gasteiger partial charge < -0.3 is 9.47 Å². The minimum atomic E-state index is -0.271. The monoisotopic (exact) mass is 528 g/mol. The number of hydrogen-bond donors (Lipinski definition) is 1. The molecule has 3 aromatic rings. The number of fused-ring (bicyclic) bond motifs is 1. The van der Waals surface area contributed by atoms with E-state index in [0.29, 0.717) is 5.92 Å². The minimum Gasteiger partial charge on any atom is -0.373 e. The van der Waals surface area contributed by atoms with Crippen molar-refractivity contribution in [1.82, 2.24) is 20.1 Å². The van der Waals surface area contributed by atoms with E-state index in [1.54, 1.807) is 11.8 Å². The number of aromatic nitrogens is 3. The van der Waals surface area contributed by atoms with Gasteiger partial charge in [0.1, 0.15) is 11.5 Å². The molecular formula is C31H36N4O2S. The molecule has 198 valence electrons. The summed E-state index contributed by atoms with van der Waals surface area (Å²) in [6.07, 6.45) is 10.4. The maximum Gasteiger partial charge on any atom is 0.196 e. The Morgan fingerprint density at radius 2 is 1.95 bits per heavy atom. The number of allylic oxidation sites excluding steroid dienone is 2. The smallest absolute Gasteiger partial charge is 0.196 e. The summed E-state index contributed by atoms with van der Waals surface area (Å²) >= 11 is 1.73. The molecule has 0 bridgehead atoms. The lowest BCUT2D eigenvalue weighted by atomic mass is 9.97. The number of nitrogens with one attached hydrogen (secondary N) is 1. The molecule has 0 radical (unpaired) electrons. The van der Waals surface area contributed by atoms with E-state index in [-0.39, 0.29) is 11.3 Å². The fourth-order valence-electron chi connectivity index (χ4n) is 5.59. The van der Waals surface area contributed by atoms with Gasteiger partial charge >= 0.3 is 0 Å². The Morgan fingerprint density at radius 3 is 2.71 bits per heavy atom. The van der Waals surface area contributed by atoms with Gasteiger partial charge in [0.15, 0.2) is 5.16 Å². The fourth-order valence-corrected chi connectivity index (χ4v) is 6.50. The van der Waals surface area contributed by atoms with Crippen LogP contribution in [0.1, 0.15) is 41.8 Å². The number of benzene rings is 2. The standard InChI is InChI=1S/C31H36N4O2S/c1-22-10-12-27(13-11-22)35-28(33-34-29(35)38-20-24-7-4-6-23(2)18-24)14-16-30(21-37-30)32-17-15-25-8-5-9-26-19-31(25,26)36-3/h4-13,18,26,32H,14-17,19-21H2,1-3H3. The Balaban J connectivity index is 1.12. The molecule has 1 saturated carbocycles. The summed E-state index contributed by atoms with van der Waals surface area (Å²) in [5.41, 5.74) is 5.98. The highest BCUT2D eigenvalue weighted by Gasteiger charge is 2.56. The van der Waals surface area contributed by atoms with E-state index in [4.69, 9.17) is 9.47 Å². The largest absolute Gasteiger partial charge is 0.373 e. The second kappa shape index (κ2) is 10.5. The van der Waals surface area contributed by atoms with Gasteiger partial charge in [0.25, 0.3) is 0 Å². The van der Waals surface area contributed by atoms with Crippen LogP contribution in [-0.2, 0) is 21.6 Å². The van der Waals surface area contributed by atoms with Crippen LogP contribution >= 0.6 is 11.8 Å². The third-order valence-electron chi connectivity index (χ3n) is 8.04. The van der Waals surface area contributed by atoms with Gasteiger partial charge in [-0.2, -0.15) is 0 Å². The lowest BCUT2D eigenvalue weighted by Gasteiger charge is -2.22. The molecule has 2 heterocycles. The Labute approximate surface area is 229 Å². The molecule has 38 heavy (non-hydrogen) atoms. The van der Waals surface area contributed by atoms with E-state index in [1.165, 1.54) is 22.3 Å². The summed E-state index contributed by atoms with van der Waals surface area (Å²) < 4.78 is 14.0. The summed E-state index contributed by atoms with van der Waals surface area (Å²) in [6.45, 7) is 5.85. The van der Waals surface area contributed by atoms with E-state index in [1.807, 2.05) is 7.11 Å². The molecule has 1 N–H and O–H groups in total. The van der Waals surface area contributed by atoms with Crippen LogP contribution in [0, 0.1) is 19.8 Å². The van der Waals surface area contributed by atoms with Crippen molar-refractivity contribution in [3.8, 4) is 5.69 Å². The second-order valence-electron chi connectivity index (χ2n) is 10.8. The number of aryl methyl sites for hydroxylation is 3. The Morgan fingerprint density at radius 1 is 1.11 bits per heavy atom. The van der Waals surface area contributed by atoms with Gasteiger partial charge in [-0.05, 0) is 56.4 Å². The molecule has 3 atom stereocenters. The summed E-state index contributed by atoms with van der Waals surface area (Å²) in [5, 5.41) is 13.9. The van der Waals surface area contributed by atoms with Gasteiger partial charge in [-0.1, -0.05) is 77.5 Å². The fraction of sp³-hybridized carbons (Fsp3) is 0.419. The zero-order chi connectivity index (χ0) is 26.2. The van der Waals surface area contributed by atoms with Crippen molar-refractivity contribution in [2.45, 2.75) is 61.8 Å². The number of hydrogen-bond acceptors (Lipinski definition) is 6. The van der Waals surface area contributed by atoms with Crippen LogP contribution in [0.4, 0.5) is 0 Å². The molecule has 0 amide bonds. The number of thioether (sulfide) groups is 1. The van der Waals surface area contributed by atoms with Crippen LogP contribution in [-0.4, -0.2) is 46.4 Å². The number of epoxide rings is 1. The van der Waals surface area contributed by atoms with Gasteiger partial charge in [0.05, 0.1) is 12.2 Å². The number of rotatable bonds is 12. The molecular weight excluding hydrogens is 492 g/mol. The normalized spacial score (nSPS) is 25.2. The van der Waals surface area contributed by atoms with Crippen LogP contribution in [0.25, 0.3) is 5.69 Å². The van der Waals surface area contributed by atoms with E-state index in [0.717, 1.165) is 61.3 Å². The van der Waals surface area contributed by atoms with Crippen LogP contribution in [0.3, 0.4) is 0 Å². The van der Waals surface area contributed by atoms with Gasteiger partial charge in [0, 0.05) is 37.4 Å². The van der Waals surface area contributed by atoms with Crippen molar-refractivity contribution < 1.29 is 9.47 Å². The number of methoxy groups -OCH3 is 1. The number of nitrogens with zero attached hydrogens (tertiary/aromatic N) is 3. The molecule has 3 unspecified atom stereocenters. The van der Waals surface area contributed by atoms with E-state index < -0.39 is 0 Å². The maximum atomic E-state index is 5.94. The zero-order valence-electron chi connectivity index (χ0n) is 22.4. The first kappa shape index (κ1) is 25.6. The second-order valence-corrected chi connectivity index (χ2v) is 11.7. The Kier molecular flexibility index (Phi) is 7.03. The molecule has 6 nitrogen and oxygen atoms in total. The molecule has 1 aliphatic heterocycles.